The van der Waals surface area contributed by atoms with Gasteiger partial charge in [0.15, 0.2) is 0 Å². The lowest BCUT2D eigenvalue weighted by Crippen LogP contribution is -2.46. The van der Waals surface area contributed by atoms with Crippen molar-refractivity contribution in [3.05, 3.63) is 20.8 Å². The van der Waals surface area contributed by atoms with Crippen LogP contribution >= 0.6 is 27.3 Å². The van der Waals surface area contributed by atoms with Crippen LogP contribution in [0, 0.1) is 11.8 Å². The Balaban J connectivity index is 2.02. The monoisotopic (exact) mass is 347 g/mol. The molecule has 2 unspecified atom stereocenters. The fourth-order valence-electron chi connectivity index (χ4n) is 2.40. The highest BCUT2D eigenvalue weighted by molar-refractivity contribution is 9.11. The third kappa shape index (κ3) is 3.55. The number of aliphatic carboxylic acids is 2. The van der Waals surface area contributed by atoms with Crippen molar-refractivity contribution in [2.45, 2.75) is 13.0 Å². The first-order valence-corrected chi connectivity index (χ1v) is 7.55. The summed E-state index contributed by atoms with van der Waals surface area (Å²) in [7, 11) is 0. The molecule has 1 aliphatic heterocycles. The van der Waals surface area contributed by atoms with Gasteiger partial charge < -0.3 is 10.2 Å². The summed E-state index contributed by atoms with van der Waals surface area (Å²) in [6.45, 7) is 1.58. The van der Waals surface area contributed by atoms with Gasteiger partial charge >= 0.3 is 11.9 Å². The van der Waals surface area contributed by atoms with Crippen LogP contribution in [-0.4, -0.2) is 40.1 Å². The molecule has 19 heavy (non-hydrogen) atoms. The van der Waals surface area contributed by atoms with E-state index in [2.05, 4.69) is 15.9 Å². The largest absolute Gasteiger partial charge is 0.481 e. The number of carbonyl (C=O) groups is 2. The van der Waals surface area contributed by atoms with Gasteiger partial charge in [-0.1, -0.05) is 0 Å². The van der Waals surface area contributed by atoms with Gasteiger partial charge in [0.05, 0.1) is 15.6 Å². The lowest BCUT2D eigenvalue weighted by molar-refractivity contribution is -0.157. The molecule has 7 heteroatoms. The van der Waals surface area contributed by atoms with Gasteiger partial charge in [0.2, 0.25) is 0 Å². The summed E-state index contributed by atoms with van der Waals surface area (Å²) >= 11 is 4.97. The average Bonchev–Trinajstić information content (AvgIpc) is 2.74. The summed E-state index contributed by atoms with van der Waals surface area (Å²) in [6, 6.07) is 2.00. The molecule has 0 saturated carbocycles. The lowest BCUT2D eigenvalue weighted by Gasteiger charge is -2.34. The van der Waals surface area contributed by atoms with Crippen LogP contribution in [0.1, 0.15) is 12.0 Å². The maximum atomic E-state index is 11.2. The second-order valence-corrected chi connectivity index (χ2v) is 6.96. The number of piperidine rings is 1. The molecule has 1 aromatic rings. The predicted molar refractivity (Wildman–Crippen MR) is 74.2 cm³/mol. The van der Waals surface area contributed by atoms with Crippen LogP contribution in [0.15, 0.2) is 15.2 Å². The summed E-state index contributed by atoms with van der Waals surface area (Å²) in [4.78, 5) is 24.2. The fourth-order valence-corrected chi connectivity index (χ4v) is 3.60. The van der Waals surface area contributed by atoms with Crippen LogP contribution in [0.2, 0.25) is 0 Å². The third-order valence-corrected chi connectivity index (χ3v) is 4.91. The normalized spacial score (nSPS) is 24.3. The molecular weight excluding hydrogens is 334 g/mol. The number of halogens is 1. The molecule has 1 saturated heterocycles. The van der Waals surface area contributed by atoms with E-state index >= 15 is 0 Å². The number of likely N-dealkylation sites (tertiary alicyclic amines) is 1. The Labute approximate surface area is 123 Å². The minimum atomic E-state index is -1.02. The first-order valence-electron chi connectivity index (χ1n) is 5.88. The van der Waals surface area contributed by atoms with Crippen LogP contribution in [0.3, 0.4) is 0 Å². The molecule has 0 spiro atoms. The molecule has 0 aliphatic carbocycles. The molecular formula is C12H14BrNO4S. The molecule has 0 radical (unpaired) electrons. The van der Waals surface area contributed by atoms with E-state index in [0.717, 1.165) is 9.35 Å². The Morgan fingerprint density at radius 2 is 2.05 bits per heavy atom. The number of hydrogen-bond acceptors (Lipinski definition) is 4. The van der Waals surface area contributed by atoms with Crippen LogP contribution < -0.4 is 0 Å². The van der Waals surface area contributed by atoms with Crippen molar-refractivity contribution in [3.63, 3.8) is 0 Å². The number of carboxylic acid groups (broad SMARTS) is 2. The Morgan fingerprint density at radius 3 is 2.58 bits per heavy atom. The molecule has 2 atom stereocenters. The highest BCUT2D eigenvalue weighted by Crippen LogP contribution is 2.27. The molecule has 0 aromatic carbocycles. The summed E-state index contributed by atoms with van der Waals surface area (Å²) in [6.07, 6.45) is 0.387. The highest BCUT2D eigenvalue weighted by Gasteiger charge is 2.38. The second kappa shape index (κ2) is 6.02. The van der Waals surface area contributed by atoms with Crippen molar-refractivity contribution < 1.29 is 19.8 Å². The predicted octanol–water partition coefficient (Wildman–Crippen LogP) is 2.12. The minimum absolute atomic E-state index is 0.291. The molecule has 1 aromatic heterocycles. The second-order valence-electron chi connectivity index (χ2n) is 4.67. The van der Waals surface area contributed by atoms with E-state index < -0.39 is 23.8 Å². The van der Waals surface area contributed by atoms with E-state index in [0.29, 0.717) is 26.1 Å². The van der Waals surface area contributed by atoms with Crippen LogP contribution in [0.5, 0.6) is 0 Å². The van der Waals surface area contributed by atoms with Crippen LogP contribution in [-0.2, 0) is 16.1 Å². The van der Waals surface area contributed by atoms with Gasteiger partial charge in [0, 0.05) is 13.1 Å². The lowest BCUT2D eigenvalue weighted by atomic mass is 9.85. The van der Waals surface area contributed by atoms with Crippen LogP contribution in [0.4, 0.5) is 0 Å². The molecule has 5 nitrogen and oxygen atoms in total. The summed E-state index contributed by atoms with van der Waals surface area (Å²) in [5.41, 5.74) is 1.12. The summed E-state index contributed by atoms with van der Waals surface area (Å²) in [5, 5.41) is 20.2. The van der Waals surface area contributed by atoms with Crippen molar-refractivity contribution in [1.29, 1.82) is 0 Å². The zero-order chi connectivity index (χ0) is 14.0. The third-order valence-electron chi connectivity index (χ3n) is 3.36. The maximum Gasteiger partial charge on any atom is 0.308 e. The van der Waals surface area contributed by atoms with Crippen molar-refractivity contribution in [2.75, 3.05) is 13.1 Å². The van der Waals surface area contributed by atoms with Crippen molar-refractivity contribution in [3.8, 4) is 0 Å². The Morgan fingerprint density at radius 1 is 1.37 bits per heavy atom. The fraction of sp³-hybridized carbons (Fsp3) is 0.500. The zero-order valence-corrected chi connectivity index (χ0v) is 12.5. The molecule has 0 bridgehead atoms. The quantitative estimate of drug-likeness (QED) is 0.872. The molecule has 0 amide bonds. The van der Waals surface area contributed by atoms with E-state index in [9.17, 15) is 9.59 Å². The van der Waals surface area contributed by atoms with E-state index in [1.54, 1.807) is 11.3 Å². The minimum Gasteiger partial charge on any atom is -0.481 e. The van der Waals surface area contributed by atoms with Gasteiger partial charge in [-0.15, -0.1) is 11.3 Å². The van der Waals surface area contributed by atoms with Gasteiger partial charge in [-0.3, -0.25) is 14.5 Å². The van der Waals surface area contributed by atoms with E-state index in [1.807, 2.05) is 16.3 Å². The van der Waals surface area contributed by atoms with E-state index in [-0.39, 0.29) is 0 Å². The maximum absolute atomic E-state index is 11.2. The first-order chi connectivity index (χ1) is 8.97. The standard InChI is InChI=1S/C12H14BrNO4S/c13-10-3-7(6-19-10)4-14-2-1-8(11(15)16)9(5-14)12(17)18/h3,6,8-9H,1-2,4-5H2,(H,15,16)(H,17,18). The molecule has 104 valence electrons. The number of hydrogen-bond donors (Lipinski definition) is 2. The van der Waals surface area contributed by atoms with Crippen LogP contribution in [0.25, 0.3) is 0 Å². The molecule has 1 fully saturated rings. The molecule has 2 N–H and O–H groups in total. The Kier molecular flexibility index (Phi) is 4.59. The van der Waals surface area contributed by atoms with Crippen molar-refractivity contribution in [1.82, 2.24) is 4.90 Å². The van der Waals surface area contributed by atoms with Gasteiger partial charge in [-0.2, -0.15) is 0 Å². The zero-order valence-electron chi connectivity index (χ0n) is 10.1. The average molecular weight is 348 g/mol. The van der Waals surface area contributed by atoms with Gasteiger partial charge in [0.1, 0.15) is 0 Å². The number of thiophene rings is 1. The first kappa shape index (κ1) is 14.5. The van der Waals surface area contributed by atoms with Crippen molar-refractivity contribution >= 4 is 39.2 Å². The highest BCUT2D eigenvalue weighted by atomic mass is 79.9. The SMILES string of the molecule is O=C(O)C1CCN(Cc2csc(Br)c2)CC1C(=O)O. The van der Waals surface area contributed by atoms with Crippen molar-refractivity contribution in [2.24, 2.45) is 11.8 Å². The van der Waals surface area contributed by atoms with E-state index in [4.69, 9.17) is 10.2 Å². The van der Waals surface area contributed by atoms with E-state index in [1.165, 1.54) is 0 Å². The summed E-state index contributed by atoms with van der Waals surface area (Å²) in [5.74, 6) is -3.63. The number of rotatable bonds is 4. The topological polar surface area (TPSA) is 77.8 Å². The Hall–Kier alpha value is -0.920. The Bertz CT molecular complexity index is 490. The molecule has 1 aliphatic rings. The molecule has 2 heterocycles. The van der Waals surface area contributed by atoms with Gasteiger partial charge in [0.25, 0.3) is 0 Å². The molecule has 2 rings (SSSR count). The van der Waals surface area contributed by atoms with Gasteiger partial charge in [-0.05, 0) is 45.9 Å². The summed E-state index contributed by atoms with van der Waals surface area (Å²) < 4.78 is 1.04. The number of nitrogens with zero attached hydrogens (tertiary/aromatic N) is 1. The number of carboxylic acids is 2. The van der Waals surface area contributed by atoms with Gasteiger partial charge in [-0.25, -0.2) is 0 Å². The smallest absolute Gasteiger partial charge is 0.308 e.